The molecule has 0 atom stereocenters. The highest BCUT2D eigenvalue weighted by Crippen LogP contribution is 2.10. The number of unbranched alkanes of at least 4 members (excludes halogenated alkanes) is 6. The van der Waals surface area contributed by atoms with Crippen molar-refractivity contribution in [2.75, 3.05) is 6.61 Å². The Kier molecular flexibility index (Phi) is 8.35. The van der Waals surface area contributed by atoms with Gasteiger partial charge in [0.1, 0.15) is 5.75 Å². The summed E-state index contributed by atoms with van der Waals surface area (Å²) in [5, 5.41) is 18.1. The first-order chi connectivity index (χ1) is 9.24. The smallest absolute Gasteiger partial charge is 0.488 e. The van der Waals surface area contributed by atoms with E-state index in [4.69, 9.17) is 14.8 Å². The Morgan fingerprint density at radius 1 is 1.00 bits per heavy atom. The van der Waals surface area contributed by atoms with Crippen LogP contribution in [0.2, 0.25) is 0 Å². The van der Waals surface area contributed by atoms with Crippen LogP contribution in [0.15, 0.2) is 24.3 Å². The summed E-state index contributed by atoms with van der Waals surface area (Å²) in [6, 6.07) is 6.96. The molecule has 0 spiro atoms. The van der Waals surface area contributed by atoms with E-state index in [0.29, 0.717) is 17.8 Å². The molecule has 0 saturated heterocycles. The summed E-state index contributed by atoms with van der Waals surface area (Å²) >= 11 is 0. The highest BCUT2D eigenvalue weighted by molar-refractivity contribution is 6.58. The molecule has 0 unspecified atom stereocenters. The summed E-state index contributed by atoms with van der Waals surface area (Å²) in [7, 11) is -1.43. The molecule has 4 heteroatoms. The van der Waals surface area contributed by atoms with Crippen LogP contribution >= 0.6 is 0 Å². The van der Waals surface area contributed by atoms with Crippen molar-refractivity contribution < 1.29 is 14.8 Å². The first kappa shape index (κ1) is 16.1. The van der Waals surface area contributed by atoms with Gasteiger partial charge in [0.2, 0.25) is 0 Å². The first-order valence-electron chi connectivity index (χ1n) is 7.33. The zero-order valence-corrected chi connectivity index (χ0v) is 11.8. The second-order valence-electron chi connectivity index (χ2n) is 4.92. The minimum absolute atomic E-state index is 0.470. The fraction of sp³-hybridized carbons (Fsp3) is 0.600. The van der Waals surface area contributed by atoms with Crippen LogP contribution in [0, 0.1) is 0 Å². The Balaban J connectivity index is 2.10. The third-order valence-electron chi connectivity index (χ3n) is 3.17. The van der Waals surface area contributed by atoms with Crippen molar-refractivity contribution in [3.05, 3.63) is 24.3 Å². The summed E-state index contributed by atoms with van der Waals surface area (Å²) in [6.45, 7) is 2.92. The molecule has 0 bridgehead atoms. The molecule has 106 valence electrons. The molecule has 0 fully saturated rings. The SMILES string of the molecule is CCCCCCCCCOc1cccc(B(O)O)c1. The van der Waals surface area contributed by atoms with E-state index >= 15 is 0 Å². The molecule has 0 amide bonds. The van der Waals surface area contributed by atoms with E-state index in [1.807, 2.05) is 6.07 Å². The van der Waals surface area contributed by atoms with Crippen molar-refractivity contribution >= 4 is 12.6 Å². The van der Waals surface area contributed by atoms with Crippen LogP contribution in [0.5, 0.6) is 5.75 Å². The second-order valence-corrected chi connectivity index (χ2v) is 4.92. The van der Waals surface area contributed by atoms with Crippen molar-refractivity contribution in [1.29, 1.82) is 0 Å². The summed E-state index contributed by atoms with van der Waals surface area (Å²) in [5.41, 5.74) is 0.470. The Bertz CT molecular complexity index is 342. The van der Waals surface area contributed by atoms with Crippen LogP contribution < -0.4 is 10.2 Å². The molecule has 3 nitrogen and oxygen atoms in total. The maximum atomic E-state index is 9.06. The number of rotatable bonds is 10. The van der Waals surface area contributed by atoms with Gasteiger partial charge in [-0.2, -0.15) is 0 Å². The normalized spacial score (nSPS) is 10.5. The average molecular weight is 264 g/mol. The molecular formula is C15H25BO3. The molecule has 0 aliphatic rings. The van der Waals surface area contributed by atoms with Crippen LogP contribution in [0.25, 0.3) is 0 Å². The molecule has 0 radical (unpaired) electrons. The average Bonchev–Trinajstić information content (AvgIpc) is 2.42. The van der Waals surface area contributed by atoms with Crippen molar-refractivity contribution in [1.82, 2.24) is 0 Å². The Labute approximate surface area is 116 Å². The van der Waals surface area contributed by atoms with Crippen LogP contribution in [0.4, 0.5) is 0 Å². The quantitative estimate of drug-likeness (QED) is 0.504. The fourth-order valence-corrected chi connectivity index (χ4v) is 2.01. The van der Waals surface area contributed by atoms with Crippen LogP contribution in [0.3, 0.4) is 0 Å². The van der Waals surface area contributed by atoms with Crippen molar-refractivity contribution in [2.24, 2.45) is 0 Å². The highest BCUT2D eigenvalue weighted by atomic mass is 16.5. The fourth-order valence-electron chi connectivity index (χ4n) is 2.01. The second kappa shape index (κ2) is 9.87. The lowest BCUT2D eigenvalue weighted by Gasteiger charge is -2.07. The lowest BCUT2D eigenvalue weighted by atomic mass is 9.80. The molecule has 0 aromatic heterocycles. The van der Waals surface area contributed by atoms with Crippen molar-refractivity contribution in [3.63, 3.8) is 0 Å². The van der Waals surface area contributed by atoms with E-state index in [1.165, 1.54) is 38.5 Å². The maximum Gasteiger partial charge on any atom is 0.488 e. The topological polar surface area (TPSA) is 49.7 Å². The summed E-state index contributed by atoms with van der Waals surface area (Å²) < 4.78 is 5.60. The molecule has 0 aliphatic heterocycles. The van der Waals surface area contributed by atoms with Gasteiger partial charge in [-0.05, 0) is 24.0 Å². The van der Waals surface area contributed by atoms with E-state index < -0.39 is 7.12 Å². The van der Waals surface area contributed by atoms with Gasteiger partial charge in [-0.15, -0.1) is 0 Å². The lowest BCUT2D eigenvalue weighted by Crippen LogP contribution is -2.29. The van der Waals surface area contributed by atoms with Gasteiger partial charge in [-0.25, -0.2) is 0 Å². The van der Waals surface area contributed by atoms with Gasteiger partial charge in [0, 0.05) is 0 Å². The molecule has 1 rings (SSSR count). The molecule has 1 aromatic rings. The standard InChI is InChI=1S/C15H25BO3/c1-2-3-4-5-6-7-8-12-19-15-11-9-10-14(13-15)16(17)18/h9-11,13,17-18H,2-8,12H2,1H3. The first-order valence-corrected chi connectivity index (χ1v) is 7.33. The maximum absolute atomic E-state index is 9.06. The molecule has 0 saturated carbocycles. The zero-order chi connectivity index (χ0) is 13.9. The predicted octanol–water partition coefficient (Wildman–Crippen LogP) is 2.50. The Hall–Kier alpha value is -0.995. The lowest BCUT2D eigenvalue weighted by molar-refractivity contribution is 0.304. The Morgan fingerprint density at radius 3 is 2.37 bits per heavy atom. The van der Waals surface area contributed by atoms with Crippen LogP contribution in [-0.4, -0.2) is 23.8 Å². The van der Waals surface area contributed by atoms with Gasteiger partial charge < -0.3 is 14.8 Å². The van der Waals surface area contributed by atoms with Gasteiger partial charge in [-0.1, -0.05) is 57.6 Å². The molecule has 19 heavy (non-hydrogen) atoms. The van der Waals surface area contributed by atoms with E-state index in [2.05, 4.69) is 6.92 Å². The zero-order valence-electron chi connectivity index (χ0n) is 11.8. The number of benzene rings is 1. The number of hydrogen-bond acceptors (Lipinski definition) is 3. The van der Waals surface area contributed by atoms with E-state index in [9.17, 15) is 0 Å². The molecule has 0 heterocycles. The van der Waals surface area contributed by atoms with Crippen LogP contribution in [0.1, 0.15) is 51.9 Å². The number of hydrogen-bond donors (Lipinski definition) is 2. The summed E-state index contributed by atoms with van der Waals surface area (Å²) in [6.07, 6.45) is 8.82. The van der Waals surface area contributed by atoms with Gasteiger partial charge in [-0.3, -0.25) is 0 Å². The largest absolute Gasteiger partial charge is 0.494 e. The van der Waals surface area contributed by atoms with Crippen molar-refractivity contribution in [3.8, 4) is 5.75 Å². The van der Waals surface area contributed by atoms with Gasteiger partial charge in [0.25, 0.3) is 0 Å². The van der Waals surface area contributed by atoms with Gasteiger partial charge >= 0.3 is 7.12 Å². The van der Waals surface area contributed by atoms with E-state index in [-0.39, 0.29) is 0 Å². The third-order valence-corrected chi connectivity index (χ3v) is 3.17. The molecule has 2 N–H and O–H groups in total. The van der Waals surface area contributed by atoms with Gasteiger partial charge in [0.05, 0.1) is 6.61 Å². The summed E-state index contributed by atoms with van der Waals surface area (Å²) in [4.78, 5) is 0. The molecular weight excluding hydrogens is 239 g/mol. The minimum atomic E-state index is -1.43. The van der Waals surface area contributed by atoms with Crippen LogP contribution in [-0.2, 0) is 0 Å². The highest BCUT2D eigenvalue weighted by Gasteiger charge is 2.10. The molecule has 1 aromatic carbocycles. The summed E-state index contributed by atoms with van der Waals surface area (Å²) in [5.74, 6) is 0.705. The predicted molar refractivity (Wildman–Crippen MR) is 79.8 cm³/mol. The van der Waals surface area contributed by atoms with E-state index in [0.717, 1.165) is 6.42 Å². The Morgan fingerprint density at radius 2 is 1.68 bits per heavy atom. The minimum Gasteiger partial charge on any atom is -0.494 e. The third kappa shape index (κ3) is 7.23. The van der Waals surface area contributed by atoms with E-state index in [1.54, 1.807) is 18.2 Å². The number of ether oxygens (including phenoxy) is 1. The van der Waals surface area contributed by atoms with Crippen molar-refractivity contribution in [2.45, 2.75) is 51.9 Å². The molecule has 0 aliphatic carbocycles. The monoisotopic (exact) mass is 264 g/mol. The van der Waals surface area contributed by atoms with Gasteiger partial charge in [0.15, 0.2) is 0 Å².